The van der Waals surface area contributed by atoms with Gasteiger partial charge >= 0.3 is 12.1 Å². The average molecular weight is 647 g/mol. The second-order valence-corrected chi connectivity index (χ2v) is 12.0. The number of esters is 1. The number of fused-ring (bicyclic) bond motifs is 1. The first-order valence-electron chi connectivity index (χ1n) is 16.4. The van der Waals surface area contributed by atoms with Crippen LogP contribution in [0, 0.1) is 0 Å². The standard InChI is InChI=1S/C37H46N2O8/c1-43-34-9-4-3-7-30(34)26-45-21-6-22-46-31-14-12-28(13-15-31)32-16-19-39(37(41)42)24-35(32)47-25-27-10-11-29-8-5-18-38(33(29)23-27)20-17-36(40)44-2/h3-4,7,9-15,23,32,35H,5-6,8,16-22,24-26H2,1-2H3,(H,41,42). The first-order valence-corrected chi connectivity index (χ1v) is 16.4. The van der Waals surface area contributed by atoms with Crippen LogP contribution in [-0.2, 0) is 38.6 Å². The summed E-state index contributed by atoms with van der Waals surface area (Å²) >= 11 is 0. The number of benzene rings is 3. The minimum atomic E-state index is -0.928. The summed E-state index contributed by atoms with van der Waals surface area (Å²) in [4.78, 5) is 27.3. The molecule has 0 saturated carbocycles. The highest BCUT2D eigenvalue weighted by Gasteiger charge is 2.33. The van der Waals surface area contributed by atoms with E-state index >= 15 is 0 Å². The van der Waals surface area contributed by atoms with Gasteiger partial charge in [-0.1, -0.05) is 42.5 Å². The molecular weight excluding hydrogens is 600 g/mol. The van der Waals surface area contributed by atoms with Crippen molar-refractivity contribution in [1.29, 1.82) is 0 Å². The molecule has 47 heavy (non-hydrogen) atoms. The number of carbonyl (C=O) groups excluding carboxylic acids is 1. The van der Waals surface area contributed by atoms with Gasteiger partial charge in [0.25, 0.3) is 0 Å². The van der Waals surface area contributed by atoms with Gasteiger partial charge in [0.05, 0.1) is 59.7 Å². The Balaban J connectivity index is 1.15. The number of methoxy groups -OCH3 is 2. The zero-order valence-corrected chi connectivity index (χ0v) is 27.4. The Bertz CT molecular complexity index is 1460. The summed E-state index contributed by atoms with van der Waals surface area (Å²) in [7, 11) is 3.07. The van der Waals surface area contributed by atoms with Crippen LogP contribution >= 0.6 is 0 Å². The third kappa shape index (κ3) is 9.39. The van der Waals surface area contributed by atoms with Crippen molar-refractivity contribution >= 4 is 17.7 Å². The lowest BCUT2D eigenvalue weighted by Crippen LogP contribution is -2.46. The summed E-state index contributed by atoms with van der Waals surface area (Å²) < 4.78 is 28.5. The molecule has 10 heteroatoms. The second kappa shape index (κ2) is 17.0. The Morgan fingerprint density at radius 2 is 1.79 bits per heavy atom. The smallest absolute Gasteiger partial charge is 0.407 e. The lowest BCUT2D eigenvalue weighted by Gasteiger charge is -2.37. The van der Waals surface area contributed by atoms with Crippen LogP contribution < -0.4 is 14.4 Å². The molecule has 2 aliphatic heterocycles. The summed E-state index contributed by atoms with van der Waals surface area (Å²) in [5.74, 6) is 1.44. The maximum absolute atomic E-state index is 11.9. The molecule has 3 aromatic rings. The zero-order valence-electron chi connectivity index (χ0n) is 27.4. The molecule has 3 aromatic carbocycles. The van der Waals surface area contributed by atoms with Crippen molar-refractivity contribution in [1.82, 2.24) is 4.90 Å². The lowest BCUT2D eigenvalue weighted by molar-refractivity contribution is -0.140. The largest absolute Gasteiger partial charge is 0.496 e. The number of likely N-dealkylation sites (tertiary alicyclic amines) is 1. The SMILES string of the molecule is COC(=O)CCN1CCCc2ccc(COC3CN(C(=O)O)CCC3c3ccc(OCCCOCc4ccccc4OC)cc3)cc21. The minimum Gasteiger partial charge on any atom is -0.496 e. The van der Waals surface area contributed by atoms with E-state index in [9.17, 15) is 14.7 Å². The molecule has 2 aliphatic rings. The van der Waals surface area contributed by atoms with Gasteiger partial charge in [0.15, 0.2) is 0 Å². The van der Waals surface area contributed by atoms with E-state index in [-0.39, 0.29) is 18.0 Å². The normalized spacial score (nSPS) is 17.6. The minimum absolute atomic E-state index is 0.0530. The summed E-state index contributed by atoms with van der Waals surface area (Å²) in [6.07, 6.45) is 2.59. The van der Waals surface area contributed by atoms with Crippen molar-refractivity contribution in [3.63, 3.8) is 0 Å². The van der Waals surface area contributed by atoms with E-state index in [1.807, 2.05) is 36.4 Å². The number of para-hydroxylation sites is 1. The van der Waals surface area contributed by atoms with E-state index in [1.165, 1.54) is 17.6 Å². The van der Waals surface area contributed by atoms with Crippen molar-refractivity contribution < 1.29 is 38.4 Å². The molecule has 1 fully saturated rings. The molecular formula is C37H46N2O8. The summed E-state index contributed by atoms with van der Waals surface area (Å²) in [6.45, 7) is 4.24. The molecule has 0 radical (unpaired) electrons. The van der Waals surface area contributed by atoms with E-state index in [0.29, 0.717) is 58.9 Å². The topological polar surface area (TPSA) is 107 Å². The van der Waals surface area contributed by atoms with E-state index < -0.39 is 6.09 Å². The molecule has 10 nitrogen and oxygen atoms in total. The van der Waals surface area contributed by atoms with Crippen LogP contribution in [0.25, 0.3) is 0 Å². The number of carbonyl (C=O) groups is 2. The predicted octanol–water partition coefficient (Wildman–Crippen LogP) is 6.05. The van der Waals surface area contributed by atoms with Crippen molar-refractivity contribution in [2.75, 3.05) is 58.5 Å². The highest BCUT2D eigenvalue weighted by atomic mass is 16.5. The molecule has 2 heterocycles. The van der Waals surface area contributed by atoms with Crippen molar-refractivity contribution in [3.05, 3.63) is 89.0 Å². The van der Waals surface area contributed by atoms with E-state index in [0.717, 1.165) is 59.7 Å². The second-order valence-electron chi connectivity index (χ2n) is 12.0. The summed E-state index contributed by atoms with van der Waals surface area (Å²) in [6, 6.07) is 22.3. The van der Waals surface area contributed by atoms with Crippen LogP contribution in [-0.4, -0.2) is 81.8 Å². The molecule has 2 atom stereocenters. The third-order valence-electron chi connectivity index (χ3n) is 8.93. The molecule has 0 aromatic heterocycles. The molecule has 2 unspecified atom stereocenters. The number of aryl methyl sites for hydroxylation is 1. The van der Waals surface area contributed by atoms with Crippen molar-refractivity contribution in [2.45, 2.75) is 57.3 Å². The van der Waals surface area contributed by atoms with E-state index in [4.69, 9.17) is 23.7 Å². The fourth-order valence-corrected chi connectivity index (χ4v) is 6.36. The fourth-order valence-electron chi connectivity index (χ4n) is 6.36. The molecule has 252 valence electrons. The number of rotatable bonds is 15. The summed E-state index contributed by atoms with van der Waals surface area (Å²) in [5, 5.41) is 9.72. The quantitative estimate of drug-likeness (QED) is 0.156. The van der Waals surface area contributed by atoms with E-state index in [1.54, 1.807) is 7.11 Å². The van der Waals surface area contributed by atoms with Crippen molar-refractivity contribution in [2.24, 2.45) is 0 Å². The molecule has 1 saturated heterocycles. The predicted molar refractivity (Wildman–Crippen MR) is 178 cm³/mol. The van der Waals surface area contributed by atoms with Crippen LogP contribution in [0.4, 0.5) is 10.5 Å². The number of ether oxygens (including phenoxy) is 5. The van der Waals surface area contributed by atoms with Gasteiger partial charge in [-0.15, -0.1) is 0 Å². The highest BCUT2D eigenvalue weighted by Crippen LogP contribution is 2.33. The molecule has 0 bridgehead atoms. The van der Waals surface area contributed by atoms with Gasteiger partial charge in [0.1, 0.15) is 11.5 Å². The molecule has 0 aliphatic carbocycles. The number of amides is 1. The average Bonchev–Trinajstić information content (AvgIpc) is 3.11. The van der Waals surface area contributed by atoms with Crippen LogP contribution in [0.5, 0.6) is 11.5 Å². The van der Waals surface area contributed by atoms with Gasteiger partial charge in [0, 0.05) is 43.2 Å². The van der Waals surface area contributed by atoms with Gasteiger partial charge < -0.3 is 38.6 Å². The van der Waals surface area contributed by atoms with Gasteiger partial charge in [0.2, 0.25) is 0 Å². The van der Waals surface area contributed by atoms with Crippen LogP contribution in [0.15, 0.2) is 66.7 Å². The number of carboxylic acid groups (broad SMARTS) is 1. The Morgan fingerprint density at radius 1 is 0.957 bits per heavy atom. The fraction of sp³-hybridized carbons (Fsp3) is 0.459. The third-order valence-corrected chi connectivity index (χ3v) is 8.93. The van der Waals surface area contributed by atoms with Gasteiger partial charge in [-0.2, -0.15) is 0 Å². The number of hydrogen-bond acceptors (Lipinski definition) is 8. The van der Waals surface area contributed by atoms with Gasteiger partial charge in [-0.3, -0.25) is 4.79 Å². The molecule has 0 spiro atoms. The highest BCUT2D eigenvalue weighted by molar-refractivity contribution is 5.70. The number of nitrogens with zero attached hydrogens (tertiary/aromatic N) is 2. The number of piperidine rings is 1. The molecule has 1 amide bonds. The maximum atomic E-state index is 11.9. The monoisotopic (exact) mass is 646 g/mol. The van der Waals surface area contributed by atoms with Crippen molar-refractivity contribution in [3.8, 4) is 11.5 Å². The van der Waals surface area contributed by atoms with Crippen LogP contribution in [0.1, 0.15) is 53.9 Å². The van der Waals surface area contributed by atoms with E-state index in [2.05, 4.69) is 35.2 Å². The Labute approximate surface area is 277 Å². The van der Waals surface area contributed by atoms with Gasteiger partial charge in [-0.05, 0) is 60.2 Å². The Kier molecular flexibility index (Phi) is 12.3. The summed E-state index contributed by atoms with van der Waals surface area (Å²) in [5.41, 5.74) is 5.54. The Hall–Kier alpha value is -4.28. The van der Waals surface area contributed by atoms with Crippen LogP contribution in [0.3, 0.4) is 0 Å². The number of hydrogen-bond donors (Lipinski definition) is 1. The number of anilines is 1. The van der Waals surface area contributed by atoms with Crippen LogP contribution in [0.2, 0.25) is 0 Å². The molecule has 1 N–H and O–H groups in total. The Morgan fingerprint density at radius 3 is 2.57 bits per heavy atom. The first-order chi connectivity index (χ1) is 22.9. The van der Waals surface area contributed by atoms with Gasteiger partial charge in [-0.25, -0.2) is 4.79 Å². The first kappa shape index (κ1) is 34.1. The maximum Gasteiger partial charge on any atom is 0.407 e. The lowest BCUT2D eigenvalue weighted by atomic mass is 9.87. The zero-order chi connectivity index (χ0) is 33.0. The molecule has 5 rings (SSSR count).